The van der Waals surface area contributed by atoms with E-state index in [1.807, 2.05) is 0 Å². The molecule has 0 aromatic rings. The fourth-order valence-electron chi connectivity index (χ4n) is 4.80. The average molecular weight is 393 g/mol. The van der Waals surface area contributed by atoms with Crippen LogP contribution in [0.25, 0.3) is 0 Å². The molecule has 0 bridgehead atoms. The zero-order chi connectivity index (χ0) is 18.5. The molecule has 2 aliphatic rings. The fraction of sp³-hybridized carbons (Fsp3) is 1.00. The van der Waals surface area contributed by atoms with Gasteiger partial charge in [-0.1, -0.05) is 39.5 Å². The third-order valence-corrected chi connectivity index (χ3v) is 11.9. The van der Waals surface area contributed by atoms with Gasteiger partial charge >= 0.3 is 0 Å². The summed E-state index contributed by atoms with van der Waals surface area (Å²) in [6, 6.07) is 0. The Bertz CT molecular complexity index is 539. The number of sulfone groups is 2. The first-order valence-electron chi connectivity index (χ1n) is 10.2. The van der Waals surface area contributed by atoms with E-state index in [1.54, 1.807) is 0 Å². The van der Waals surface area contributed by atoms with E-state index in [9.17, 15) is 16.8 Å². The van der Waals surface area contributed by atoms with E-state index in [-0.39, 0.29) is 0 Å². The average Bonchev–Trinajstić information content (AvgIpc) is 2.55. The van der Waals surface area contributed by atoms with E-state index >= 15 is 0 Å². The fourth-order valence-corrected chi connectivity index (χ4v) is 10.1. The van der Waals surface area contributed by atoms with Gasteiger partial charge in [0.05, 0.1) is 10.5 Å². The molecule has 0 amide bonds. The van der Waals surface area contributed by atoms with Gasteiger partial charge in [-0.3, -0.25) is 0 Å². The molecule has 25 heavy (non-hydrogen) atoms. The van der Waals surface area contributed by atoms with Crippen LogP contribution >= 0.6 is 0 Å². The van der Waals surface area contributed by atoms with E-state index in [2.05, 4.69) is 13.8 Å². The van der Waals surface area contributed by atoms with Crippen molar-refractivity contribution in [1.82, 2.24) is 0 Å². The van der Waals surface area contributed by atoms with Gasteiger partial charge in [-0.05, 0) is 63.2 Å². The lowest BCUT2D eigenvalue weighted by atomic mass is 9.86. The van der Waals surface area contributed by atoms with Crippen LogP contribution in [-0.2, 0) is 19.7 Å². The molecule has 0 spiro atoms. The standard InChI is InChI=1S/C19H36O4S2/c1-3-5-16-7-11-18(12-8-16)24(20,21)15-25(22,23)19-13-9-17(6-4-2)10-14-19/h16-19H,3-15H2,1-2H3. The van der Waals surface area contributed by atoms with Crippen LogP contribution in [0.1, 0.15) is 90.9 Å². The Balaban J connectivity index is 1.91. The normalized spacial score (nSPS) is 31.8. The molecule has 0 aromatic carbocycles. The second-order valence-corrected chi connectivity index (χ2v) is 13.2. The molecule has 0 saturated heterocycles. The van der Waals surface area contributed by atoms with Crippen LogP contribution in [0.3, 0.4) is 0 Å². The Morgan fingerprint density at radius 3 is 1.20 bits per heavy atom. The Labute approximate surface area is 155 Å². The van der Waals surface area contributed by atoms with Gasteiger partial charge in [-0.15, -0.1) is 0 Å². The quantitative estimate of drug-likeness (QED) is 0.610. The Kier molecular flexibility index (Phi) is 7.81. The summed E-state index contributed by atoms with van der Waals surface area (Å²) < 4.78 is 50.8. The van der Waals surface area contributed by atoms with Gasteiger partial charge in [0, 0.05) is 0 Å². The highest BCUT2D eigenvalue weighted by atomic mass is 32.3. The van der Waals surface area contributed by atoms with Crippen molar-refractivity contribution in [3.8, 4) is 0 Å². The van der Waals surface area contributed by atoms with Gasteiger partial charge in [0.1, 0.15) is 0 Å². The minimum absolute atomic E-state index is 0.438. The lowest BCUT2D eigenvalue weighted by Gasteiger charge is -2.30. The summed E-state index contributed by atoms with van der Waals surface area (Å²) >= 11 is 0. The zero-order valence-corrected chi connectivity index (χ0v) is 17.6. The van der Waals surface area contributed by atoms with E-state index < -0.39 is 35.3 Å². The largest absolute Gasteiger partial charge is 0.227 e. The first-order valence-corrected chi connectivity index (χ1v) is 13.6. The van der Waals surface area contributed by atoms with Crippen LogP contribution in [0.5, 0.6) is 0 Å². The summed E-state index contributed by atoms with van der Waals surface area (Å²) in [5.41, 5.74) is 0. The van der Waals surface area contributed by atoms with Crippen LogP contribution < -0.4 is 0 Å². The zero-order valence-electron chi connectivity index (χ0n) is 16.0. The highest BCUT2D eigenvalue weighted by Gasteiger charge is 2.38. The van der Waals surface area contributed by atoms with E-state index in [1.165, 1.54) is 0 Å². The summed E-state index contributed by atoms with van der Waals surface area (Å²) in [5.74, 6) is 1.25. The van der Waals surface area contributed by atoms with Crippen LogP contribution in [0.4, 0.5) is 0 Å². The molecule has 2 aliphatic carbocycles. The SMILES string of the molecule is CCCC1CCC(S(=O)(=O)CS(=O)(=O)C2CCC(CCC)CC2)CC1. The van der Waals surface area contributed by atoms with Gasteiger partial charge in [0.15, 0.2) is 24.8 Å². The lowest BCUT2D eigenvalue weighted by Crippen LogP contribution is -2.36. The lowest BCUT2D eigenvalue weighted by molar-refractivity contribution is 0.335. The van der Waals surface area contributed by atoms with Crippen LogP contribution in [0, 0.1) is 11.8 Å². The molecule has 0 radical (unpaired) electrons. The predicted octanol–water partition coefficient (Wildman–Crippen LogP) is 4.49. The predicted molar refractivity (Wildman–Crippen MR) is 104 cm³/mol. The van der Waals surface area contributed by atoms with Gasteiger partial charge in [-0.2, -0.15) is 0 Å². The van der Waals surface area contributed by atoms with Crippen molar-refractivity contribution in [3.63, 3.8) is 0 Å². The van der Waals surface area contributed by atoms with Crippen molar-refractivity contribution in [2.45, 2.75) is 101 Å². The Morgan fingerprint density at radius 1 is 0.600 bits per heavy atom. The van der Waals surface area contributed by atoms with Crippen molar-refractivity contribution >= 4 is 19.7 Å². The molecule has 0 heterocycles. The molecule has 2 fully saturated rings. The molecule has 0 N–H and O–H groups in total. The van der Waals surface area contributed by atoms with Crippen LogP contribution in [0.15, 0.2) is 0 Å². The van der Waals surface area contributed by atoms with Crippen molar-refractivity contribution in [3.05, 3.63) is 0 Å². The number of hydrogen-bond donors (Lipinski definition) is 0. The summed E-state index contributed by atoms with van der Waals surface area (Å²) in [6.07, 6.45) is 10.9. The molecule has 0 aromatic heterocycles. The van der Waals surface area contributed by atoms with Gasteiger partial charge in [0.2, 0.25) is 0 Å². The van der Waals surface area contributed by atoms with Crippen LogP contribution in [0.2, 0.25) is 0 Å². The Morgan fingerprint density at radius 2 is 0.920 bits per heavy atom. The number of rotatable bonds is 8. The van der Waals surface area contributed by atoms with Crippen LogP contribution in [-0.4, -0.2) is 32.4 Å². The van der Waals surface area contributed by atoms with E-state index in [0.29, 0.717) is 37.5 Å². The molecule has 4 nitrogen and oxygen atoms in total. The highest BCUT2D eigenvalue weighted by Crippen LogP contribution is 2.35. The van der Waals surface area contributed by atoms with Gasteiger partial charge in [0.25, 0.3) is 0 Å². The van der Waals surface area contributed by atoms with Crippen molar-refractivity contribution in [2.75, 3.05) is 5.08 Å². The molecule has 2 saturated carbocycles. The molecule has 2 rings (SSSR count). The molecule has 6 heteroatoms. The monoisotopic (exact) mass is 392 g/mol. The minimum atomic E-state index is -3.54. The molecule has 0 aliphatic heterocycles. The summed E-state index contributed by atoms with van der Waals surface area (Å²) in [4.78, 5) is 0. The second kappa shape index (κ2) is 9.20. The smallest absolute Gasteiger partial charge is 0.167 e. The first kappa shape index (κ1) is 21.2. The maximum absolute atomic E-state index is 12.7. The molecule has 0 atom stereocenters. The summed E-state index contributed by atoms with van der Waals surface area (Å²) in [6.45, 7) is 4.31. The highest BCUT2D eigenvalue weighted by molar-refractivity contribution is 8.08. The molecule has 148 valence electrons. The molecular weight excluding hydrogens is 356 g/mol. The first-order chi connectivity index (χ1) is 11.8. The second-order valence-electron chi connectivity index (χ2n) is 8.31. The van der Waals surface area contributed by atoms with Gasteiger partial charge in [-0.25, -0.2) is 16.8 Å². The maximum atomic E-state index is 12.7. The summed E-state index contributed by atoms with van der Waals surface area (Å²) in [5, 5.41) is -1.50. The van der Waals surface area contributed by atoms with E-state index in [0.717, 1.165) is 51.4 Å². The third-order valence-electron chi connectivity index (χ3n) is 6.33. The van der Waals surface area contributed by atoms with E-state index in [4.69, 9.17) is 0 Å². The summed E-state index contributed by atoms with van der Waals surface area (Å²) in [7, 11) is -7.08. The van der Waals surface area contributed by atoms with Crippen molar-refractivity contribution < 1.29 is 16.8 Å². The van der Waals surface area contributed by atoms with Gasteiger partial charge < -0.3 is 0 Å². The topological polar surface area (TPSA) is 68.3 Å². The molecule has 0 unspecified atom stereocenters. The minimum Gasteiger partial charge on any atom is -0.227 e. The third kappa shape index (κ3) is 5.95. The van der Waals surface area contributed by atoms with Crippen molar-refractivity contribution in [1.29, 1.82) is 0 Å². The Hall–Kier alpha value is -0.100. The number of hydrogen-bond acceptors (Lipinski definition) is 4. The van der Waals surface area contributed by atoms with Crippen molar-refractivity contribution in [2.24, 2.45) is 11.8 Å². The molecular formula is C19H36O4S2. The maximum Gasteiger partial charge on any atom is 0.167 e.